The van der Waals surface area contributed by atoms with E-state index in [0.717, 1.165) is 12.8 Å². The van der Waals surface area contributed by atoms with Gasteiger partial charge in [-0.15, -0.1) is 10.2 Å². The van der Waals surface area contributed by atoms with Crippen LogP contribution in [0.2, 0.25) is 0 Å². The Labute approximate surface area is 183 Å². The smallest absolute Gasteiger partial charge is 0.308 e. The number of hydrogen-bond acceptors (Lipinski definition) is 7. The summed E-state index contributed by atoms with van der Waals surface area (Å²) in [6.45, 7) is 8.11. The molecule has 0 radical (unpaired) electrons. The molecule has 1 N–H and O–H groups in total. The highest BCUT2D eigenvalue weighted by Crippen LogP contribution is 2.25. The minimum Gasteiger partial charge on any atom is -0.412 e. The lowest BCUT2D eigenvalue weighted by molar-refractivity contribution is 0.0752. The molecule has 31 heavy (non-hydrogen) atoms. The molecule has 9 nitrogen and oxygen atoms in total. The molecule has 0 spiro atoms. The Bertz CT molecular complexity index is 964. The second-order valence-corrected chi connectivity index (χ2v) is 9.99. The van der Waals surface area contributed by atoms with Gasteiger partial charge in [0.1, 0.15) is 0 Å². The summed E-state index contributed by atoms with van der Waals surface area (Å²) in [6.07, 6.45) is 2.57. The highest BCUT2D eigenvalue weighted by molar-refractivity contribution is 7.89. The van der Waals surface area contributed by atoms with Crippen molar-refractivity contribution in [1.82, 2.24) is 19.8 Å². The lowest BCUT2D eigenvalue weighted by atomic mass is 10.0. The number of hydrogen-bond donors (Lipinski definition) is 1. The molecule has 2 heterocycles. The number of nitrogens with zero attached hydrogens (tertiary/aromatic N) is 3. The van der Waals surface area contributed by atoms with Crippen LogP contribution in [-0.2, 0) is 14.8 Å². The zero-order valence-corrected chi connectivity index (χ0v) is 19.0. The van der Waals surface area contributed by atoms with Crippen molar-refractivity contribution in [3.8, 4) is 11.5 Å². The molecule has 2 aromatic rings. The lowest BCUT2D eigenvalue weighted by Crippen LogP contribution is -2.37. The van der Waals surface area contributed by atoms with Gasteiger partial charge in [-0.2, -0.15) is 4.31 Å². The molecular formula is C21H30N4O5S. The third-order valence-corrected chi connectivity index (χ3v) is 7.07. The molecule has 1 saturated heterocycles. The summed E-state index contributed by atoms with van der Waals surface area (Å²) < 4.78 is 38.1. The molecule has 1 aliphatic rings. The predicted octanol–water partition coefficient (Wildman–Crippen LogP) is 2.70. The highest BCUT2D eigenvalue weighted by atomic mass is 32.2. The van der Waals surface area contributed by atoms with E-state index in [9.17, 15) is 13.2 Å². The molecule has 0 bridgehead atoms. The number of carbonyl (C=O) groups excluding carboxylic acids is 1. The standard InChI is InChI=1S/C21H30N4O5S/c1-15(2)29-14-4-11-22-19(26)21-24-23-20(30-21)17-5-7-18(8-6-17)31(27,28)25-12-9-16(3)10-13-25/h5-8,15-16H,4,9-14H2,1-3H3,(H,22,26). The third-order valence-electron chi connectivity index (χ3n) is 5.16. The summed E-state index contributed by atoms with van der Waals surface area (Å²) in [5.74, 6) is 0.107. The van der Waals surface area contributed by atoms with Gasteiger partial charge in [-0.3, -0.25) is 4.79 Å². The van der Waals surface area contributed by atoms with E-state index in [1.54, 1.807) is 12.1 Å². The van der Waals surface area contributed by atoms with Crippen LogP contribution in [0.1, 0.15) is 50.7 Å². The van der Waals surface area contributed by atoms with Gasteiger partial charge < -0.3 is 14.5 Å². The van der Waals surface area contributed by atoms with Crippen LogP contribution in [-0.4, -0.2) is 61.2 Å². The molecule has 170 valence electrons. The number of aromatic nitrogens is 2. The molecule has 3 rings (SSSR count). The van der Waals surface area contributed by atoms with Crippen molar-refractivity contribution in [3.05, 3.63) is 30.2 Å². The molecule has 0 atom stereocenters. The summed E-state index contributed by atoms with van der Waals surface area (Å²) in [5, 5.41) is 10.4. The van der Waals surface area contributed by atoms with E-state index in [-0.39, 0.29) is 22.8 Å². The Morgan fingerprint density at radius 3 is 2.55 bits per heavy atom. The van der Waals surface area contributed by atoms with Crippen LogP contribution in [0.3, 0.4) is 0 Å². The monoisotopic (exact) mass is 450 g/mol. The van der Waals surface area contributed by atoms with E-state index in [4.69, 9.17) is 9.15 Å². The normalized spacial score (nSPS) is 16.0. The topological polar surface area (TPSA) is 115 Å². The Kier molecular flexibility index (Phi) is 7.79. The SMILES string of the molecule is CC1CCN(S(=O)(=O)c2ccc(-c3nnc(C(=O)NCCCOC(C)C)o3)cc2)CC1. The average molecular weight is 451 g/mol. The summed E-state index contributed by atoms with van der Waals surface area (Å²) in [5.41, 5.74) is 0.545. The zero-order valence-electron chi connectivity index (χ0n) is 18.2. The number of piperidine rings is 1. The highest BCUT2D eigenvalue weighted by Gasteiger charge is 2.28. The molecule has 1 aliphatic heterocycles. The van der Waals surface area contributed by atoms with Gasteiger partial charge in [0.2, 0.25) is 15.9 Å². The number of nitrogens with one attached hydrogen (secondary N) is 1. The fourth-order valence-electron chi connectivity index (χ4n) is 3.24. The molecule has 1 aromatic carbocycles. The van der Waals surface area contributed by atoms with Crippen LogP contribution in [0, 0.1) is 5.92 Å². The van der Waals surface area contributed by atoms with Gasteiger partial charge in [0.05, 0.1) is 11.0 Å². The Morgan fingerprint density at radius 1 is 1.23 bits per heavy atom. The number of rotatable bonds is 9. The first-order valence-electron chi connectivity index (χ1n) is 10.6. The fraction of sp³-hybridized carbons (Fsp3) is 0.571. The molecule has 1 fully saturated rings. The van der Waals surface area contributed by atoms with Crippen LogP contribution < -0.4 is 5.32 Å². The summed E-state index contributed by atoms with van der Waals surface area (Å²) in [7, 11) is -3.52. The number of sulfonamides is 1. The van der Waals surface area contributed by atoms with Crippen molar-refractivity contribution in [3.63, 3.8) is 0 Å². The molecule has 1 amide bonds. The number of ether oxygens (including phenoxy) is 1. The number of amides is 1. The third kappa shape index (κ3) is 6.11. The Hall–Kier alpha value is -2.30. The van der Waals surface area contributed by atoms with Gasteiger partial charge in [0, 0.05) is 31.8 Å². The van der Waals surface area contributed by atoms with E-state index >= 15 is 0 Å². The van der Waals surface area contributed by atoms with Crippen LogP contribution in [0.25, 0.3) is 11.5 Å². The van der Waals surface area contributed by atoms with Crippen molar-refractivity contribution >= 4 is 15.9 Å². The molecular weight excluding hydrogens is 420 g/mol. The van der Waals surface area contributed by atoms with Crippen molar-refractivity contribution in [2.75, 3.05) is 26.2 Å². The summed E-state index contributed by atoms with van der Waals surface area (Å²) in [4.78, 5) is 12.4. The van der Waals surface area contributed by atoms with Gasteiger partial charge in [-0.1, -0.05) is 6.92 Å². The van der Waals surface area contributed by atoms with Gasteiger partial charge >= 0.3 is 11.8 Å². The first-order valence-corrected chi connectivity index (χ1v) is 12.0. The predicted molar refractivity (Wildman–Crippen MR) is 115 cm³/mol. The second kappa shape index (κ2) is 10.3. The van der Waals surface area contributed by atoms with E-state index in [1.165, 1.54) is 16.4 Å². The van der Waals surface area contributed by atoms with Crippen molar-refractivity contribution in [2.24, 2.45) is 5.92 Å². The summed E-state index contributed by atoms with van der Waals surface area (Å²) in [6, 6.07) is 6.28. The van der Waals surface area contributed by atoms with Gasteiger partial charge in [0.15, 0.2) is 0 Å². The Balaban J connectivity index is 1.59. The van der Waals surface area contributed by atoms with E-state index in [1.807, 2.05) is 13.8 Å². The first-order chi connectivity index (χ1) is 14.8. The maximum absolute atomic E-state index is 12.8. The lowest BCUT2D eigenvalue weighted by Gasteiger charge is -2.29. The van der Waals surface area contributed by atoms with Gasteiger partial charge in [0.25, 0.3) is 0 Å². The van der Waals surface area contributed by atoms with Gasteiger partial charge in [-0.25, -0.2) is 8.42 Å². The van der Waals surface area contributed by atoms with Crippen LogP contribution in [0.15, 0.2) is 33.6 Å². The van der Waals surface area contributed by atoms with Crippen molar-refractivity contribution < 1.29 is 22.4 Å². The Morgan fingerprint density at radius 2 is 1.90 bits per heavy atom. The quantitative estimate of drug-likeness (QED) is 0.584. The summed E-state index contributed by atoms with van der Waals surface area (Å²) >= 11 is 0. The van der Waals surface area contributed by atoms with Crippen LogP contribution >= 0.6 is 0 Å². The van der Waals surface area contributed by atoms with Crippen LogP contribution in [0.4, 0.5) is 0 Å². The molecule has 0 aliphatic carbocycles. The fourth-order valence-corrected chi connectivity index (χ4v) is 4.71. The van der Waals surface area contributed by atoms with Gasteiger partial charge in [-0.05, 0) is 63.3 Å². The van der Waals surface area contributed by atoms with E-state index in [0.29, 0.717) is 44.1 Å². The average Bonchev–Trinajstić information content (AvgIpc) is 3.24. The molecule has 0 unspecified atom stereocenters. The molecule has 0 saturated carbocycles. The van der Waals surface area contributed by atoms with E-state index in [2.05, 4.69) is 22.4 Å². The minimum absolute atomic E-state index is 0.140. The molecule has 1 aromatic heterocycles. The minimum atomic E-state index is -3.52. The maximum atomic E-state index is 12.8. The maximum Gasteiger partial charge on any atom is 0.308 e. The second-order valence-electron chi connectivity index (χ2n) is 8.05. The van der Waals surface area contributed by atoms with Crippen molar-refractivity contribution in [1.29, 1.82) is 0 Å². The first kappa shape index (κ1) is 23.4. The van der Waals surface area contributed by atoms with E-state index < -0.39 is 15.9 Å². The van der Waals surface area contributed by atoms with Crippen molar-refractivity contribution in [2.45, 2.75) is 51.0 Å². The molecule has 10 heteroatoms. The number of carbonyl (C=O) groups is 1. The zero-order chi connectivity index (χ0) is 22.4. The van der Waals surface area contributed by atoms with Crippen LogP contribution in [0.5, 0.6) is 0 Å². The largest absolute Gasteiger partial charge is 0.412 e. The number of benzene rings is 1.